The van der Waals surface area contributed by atoms with Gasteiger partial charge in [-0.1, -0.05) is 12.1 Å². The molecular formula is C28H39N3O2. The van der Waals surface area contributed by atoms with Crippen molar-refractivity contribution in [2.24, 2.45) is 11.8 Å². The highest BCUT2D eigenvalue weighted by atomic mass is 16.5. The van der Waals surface area contributed by atoms with Gasteiger partial charge in [0, 0.05) is 16.8 Å². The highest BCUT2D eigenvalue weighted by molar-refractivity contribution is 6.09. The van der Waals surface area contributed by atoms with E-state index in [1.165, 1.54) is 62.6 Å². The van der Waals surface area contributed by atoms with E-state index in [2.05, 4.69) is 65.3 Å². The summed E-state index contributed by atoms with van der Waals surface area (Å²) in [5.74, 6) is 3.50. The fraction of sp³-hybridized carbons (Fsp3) is 0.571. The molecule has 1 N–H and O–H groups in total. The van der Waals surface area contributed by atoms with E-state index in [0.29, 0.717) is 0 Å². The second-order valence-electron chi connectivity index (χ2n) is 10.3. The average Bonchev–Trinajstić information content (AvgIpc) is 3.20. The standard InChI is InChI=1S/C28H39N3O2/c1-30-14-8-21(9-15-30)12-18-32-23-6-7-24-25-4-3-5-27(28(25)29-26(24)20-23)33-19-13-22-10-16-31(2)17-11-22/h3-7,20-22,29H,8-19H2,1-2H3. The van der Waals surface area contributed by atoms with Gasteiger partial charge in [0.2, 0.25) is 0 Å². The summed E-state index contributed by atoms with van der Waals surface area (Å²) in [4.78, 5) is 8.46. The third-order valence-corrected chi connectivity index (χ3v) is 7.82. The Bertz CT molecular complexity index is 1050. The Hall–Kier alpha value is -2.24. The van der Waals surface area contributed by atoms with Gasteiger partial charge in [-0.05, 0) is 109 Å². The van der Waals surface area contributed by atoms with Gasteiger partial charge in [-0.25, -0.2) is 0 Å². The minimum absolute atomic E-state index is 0.786. The number of piperidine rings is 2. The van der Waals surface area contributed by atoms with Crippen LogP contribution >= 0.6 is 0 Å². The van der Waals surface area contributed by atoms with Gasteiger partial charge in [0.1, 0.15) is 11.5 Å². The Morgan fingerprint density at radius 2 is 1.42 bits per heavy atom. The summed E-state index contributed by atoms with van der Waals surface area (Å²) in [6.07, 6.45) is 7.45. The lowest BCUT2D eigenvalue weighted by Crippen LogP contribution is -2.30. The number of hydrogen-bond donors (Lipinski definition) is 1. The second-order valence-corrected chi connectivity index (χ2v) is 10.3. The number of aromatic nitrogens is 1. The molecule has 2 fully saturated rings. The molecular weight excluding hydrogens is 410 g/mol. The summed E-state index contributed by atoms with van der Waals surface area (Å²) in [6, 6.07) is 12.8. The predicted octanol–water partition coefficient (Wildman–Crippen LogP) is 5.54. The number of benzene rings is 2. The summed E-state index contributed by atoms with van der Waals surface area (Å²) >= 11 is 0. The number of H-pyrrole nitrogens is 1. The van der Waals surface area contributed by atoms with Crippen molar-refractivity contribution < 1.29 is 9.47 Å². The SMILES string of the molecule is CN1CCC(CCOc2ccc3c(c2)[nH]c2c(OCCC4CCN(C)CC4)cccc23)CC1. The molecule has 2 aliphatic rings. The molecule has 5 heteroatoms. The van der Waals surface area contributed by atoms with E-state index < -0.39 is 0 Å². The zero-order valence-electron chi connectivity index (χ0n) is 20.3. The van der Waals surface area contributed by atoms with Gasteiger partial charge in [-0.3, -0.25) is 0 Å². The van der Waals surface area contributed by atoms with Gasteiger partial charge in [0.15, 0.2) is 0 Å². The van der Waals surface area contributed by atoms with E-state index in [0.717, 1.165) is 60.4 Å². The van der Waals surface area contributed by atoms with Gasteiger partial charge < -0.3 is 24.3 Å². The maximum Gasteiger partial charge on any atom is 0.143 e. The van der Waals surface area contributed by atoms with E-state index in [1.54, 1.807) is 0 Å². The van der Waals surface area contributed by atoms with Gasteiger partial charge in [0.25, 0.3) is 0 Å². The van der Waals surface area contributed by atoms with Crippen LogP contribution in [0.15, 0.2) is 36.4 Å². The number of nitrogens with one attached hydrogen (secondary N) is 1. The molecule has 1 aromatic heterocycles. The number of para-hydroxylation sites is 1. The van der Waals surface area contributed by atoms with E-state index in [4.69, 9.17) is 9.47 Å². The van der Waals surface area contributed by atoms with Crippen molar-refractivity contribution in [3.63, 3.8) is 0 Å². The molecule has 5 nitrogen and oxygen atoms in total. The number of rotatable bonds is 8. The summed E-state index contributed by atoms with van der Waals surface area (Å²) < 4.78 is 12.4. The third kappa shape index (κ3) is 5.47. The molecule has 33 heavy (non-hydrogen) atoms. The summed E-state index contributed by atoms with van der Waals surface area (Å²) in [6.45, 7) is 6.44. The molecule has 0 bridgehead atoms. The Kier molecular flexibility index (Phi) is 7.07. The number of aromatic amines is 1. The molecule has 3 aromatic rings. The van der Waals surface area contributed by atoms with Crippen LogP contribution in [-0.4, -0.2) is 68.3 Å². The highest BCUT2D eigenvalue weighted by Gasteiger charge is 2.18. The normalized spacial score (nSPS) is 19.5. The predicted molar refractivity (Wildman–Crippen MR) is 136 cm³/mol. The van der Waals surface area contributed by atoms with Gasteiger partial charge in [0.05, 0.1) is 24.2 Å². The van der Waals surface area contributed by atoms with Crippen LogP contribution in [0, 0.1) is 11.8 Å². The molecule has 0 unspecified atom stereocenters. The molecule has 2 aliphatic heterocycles. The number of ether oxygens (including phenoxy) is 2. The van der Waals surface area contributed by atoms with Crippen LogP contribution in [-0.2, 0) is 0 Å². The first kappa shape index (κ1) is 22.5. The van der Waals surface area contributed by atoms with Crippen LogP contribution in [0.2, 0.25) is 0 Å². The van der Waals surface area contributed by atoms with Crippen molar-refractivity contribution in [3.8, 4) is 11.5 Å². The molecule has 3 heterocycles. The second kappa shape index (κ2) is 10.4. The molecule has 0 spiro atoms. The number of nitrogens with zero attached hydrogens (tertiary/aromatic N) is 2. The van der Waals surface area contributed by atoms with E-state index in [9.17, 15) is 0 Å². The van der Waals surface area contributed by atoms with Crippen LogP contribution < -0.4 is 9.47 Å². The molecule has 0 amide bonds. The first-order valence-corrected chi connectivity index (χ1v) is 12.8. The first-order valence-electron chi connectivity index (χ1n) is 12.8. The van der Waals surface area contributed by atoms with Crippen molar-refractivity contribution in [1.82, 2.24) is 14.8 Å². The Morgan fingerprint density at radius 3 is 2.09 bits per heavy atom. The van der Waals surface area contributed by atoms with E-state index in [1.807, 2.05) is 0 Å². The molecule has 0 saturated carbocycles. The number of likely N-dealkylation sites (tertiary alicyclic amines) is 2. The topological polar surface area (TPSA) is 40.7 Å². The molecule has 5 rings (SSSR count). The van der Waals surface area contributed by atoms with E-state index in [-0.39, 0.29) is 0 Å². The van der Waals surface area contributed by atoms with Crippen LogP contribution in [0.1, 0.15) is 38.5 Å². The smallest absolute Gasteiger partial charge is 0.143 e. The lowest BCUT2D eigenvalue weighted by molar-refractivity contribution is 0.187. The third-order valence-electron chi connectivity index (χ3n) is 7.82. The Morgan fingerprint density at radius 1 is 0.788 bits per heavy atom. The van der Waals surface area contributed by atoms with Crippen LogP contribution in [0.3, 0.4) is 0 Å². The minimum atomic E-state index is 0.786. The zero-order valence-corrected chi connectivity index (χ0v) is 20.3. The monoisotopic (exact) mass is 449 g/mol. The fourth-order valence-corrected chi connectivity index (χ4v) is 5.47. The van der Waals surface area contributed by atoms with Crippen molar-refractivity contribution in [3.05, 3.63) is 36.4 Å². The molecule has 0 aliphatic carbocycles. The fourth-order valence-electron chi connectivity index (χ4n) is 5.47. The molecule has 2 aromatic carbocycles. The van der Waals surface area contributed by atoms with Crippen molar-refractivity contribution in [2.75, 3.05) is 53.5 Å². The maximum absolute atomic E-state index is 6.27. The molecule has 178 valence electrons. The average molecular weight is 450 g/mol. The number of fused-ring (bicyclic) bond motifs is 3. The van der Waals surface area contributed by atoms with Crippen molar-refractivity contribution in [1.29, 1.82) is 0 Å². The quantitative estimate of drug-likeness (QED) is 0.490. The highest BCUT2D eigenvalue weighted by Crippen LogP contribution is 2.34. The number of hydrogen-bond acceptors (Lipinski definition) is 4. The van der Waals surface area contributed by atoms with Crippen molar-refractivity contribution in [2.45, 2.75) is 38.5 Å². The molecule has 0 atom stereocenters. The van der Waals surface area contributed by atoms with E-state index >= 15 is 0 Å². The van der Waals surface area contributed by atoms with Gasteiger partial charge in [-0.2, -0.15) is 0 Å². The summed E-state index contributed by atoms with van der Waals surface area (Å²) in [5, 5.41) is 2.45. The van der Waals surface area contributed by atoms with Gasteiger partial charge in [-0.15, -0.1) is 0 Å². The lowest BCUT2D eigenvalue weighted by atomic mass is 9.94. The van der Waals surface area contributed by atoms with Gasteiger partial charge >= 0.3 is 0 Å². The first-order chi connectivity index (χ1) is 16.2. The van der Waals surface area contributed by atoms with Crippen molar-refractivity contribution >= 4 is 21.8 Å². The largest absolute Gasteiger partial charge is 0.494 e. The molecule has 2 saturated heterocycles. The summed E-state index contributed by atoms with van der Waals surface area (Å²) in [5.41, 5.74) is 2.22. The lowest BCUT2D eigenvalue weighted by Gasteiger charge is -2.28. The Labute approximate surface area is 198 Å². The van der Waals surface area contributed by atoms with Crippen LogP contribution in [0.5, 0.6) is 11.5 Å². The molecule has 0 radical (unpaired) electrons. The van der Waals surface area contributed by atoms with Crippen LogP contribution in [0.4, 0.5) is 0 Å². The minimum Gasteiger partial charge on any atom is -0.494 e. The van der Waals surface area contributed by atoms with Crippen LogP contribution in [0.25, 0.3) is 21.8 Å². The summed E-state index contributed by atoms with van der Waals surface area (Å²) in [7, 11) is 4.43. The zero-order chi connectivity index (χ0) is 22.6. The maximum atomic E-state index is 6.27. The Balaban J connectivity index is 1.20.